The van der Waals surface area contributed by atoms with Gasteiger partial charge in [0, 0.05) is 17.4 Å². The van der Waals surface area contributed by atoms with E-state index in [-0.39, 0.29) is 22.2 Å². The molecule has 4 rings (SSSR count). The molecular formula is C26H17ClF4N2O4. The predicted molar refractivity (Wildman–Crippen MR) is 127 cm³/mol. The Bertz CT molecular complexity index is 1560. The molecule has 2 N–H and O–H groups in total. The second kappa shape index (κ2) is 9.50. The fraction of sp³-hybridized carbons (Fsp3) is 0.192. The zero-order chi connectivity index (χ0) is 27.1. The Morgan fingerprint density at radius 2 is 1.97 bits per heavy atom. The first kappa shape index (κ1) is 26.1. The van der Waals surface area contributed by atoms with Crippen LogP contribution in [0.2, 0.25) is 5.02 Å². The summed E-state index contributed by atoms with van der Waals surface area (Å²) < 4.78 is 56.1. The van der Waals surface area contributed by atoms with Gasteiger partial charge in [-0.05, 0) is 43.3 Å². The highest BCUT2D eigenvalue weighted by Crippen LogP contribution is 2.41. The van der Waals surface area contributed by atoms with Gasteiger partial charge in [-0.1, -0.05) is 41.7 Å². The van der Waals surface area contributed by atoms with Gasteiger partial charge in [0.2, 0.25) is 0 Å². The minimum absolute atomic E-state index is 0.0746. The number of hydrogen-bond acceptors (Lipinski definition) is 4. The number of halogens is 5. The van der Waals surface area contributed by atoms with Crippen molar-refractivity contribution in [3.8, 4) is 11.8 Å². The first-order valence-electron chi connectivity index (χ1n) is 10.8. The summed E-state index contributed by atoms with van der Waals surface area (Å²) >= 11 is 6.03. The molecule has 0 bridgehead atoms. The van der Waals surface area contributed by atoms with Crippen LogP contribution >= 0.6 is 11.6 Å². The molecule has 0 aliphatic heterocycles. The number of benzene rings is 2. The number of hydrogen-bond donors (Lipinski definition) is 2. The summed E-state index contributed by atoms with van der Waals surface area (Å²) in [7, 11) is 0. The molecule has 0 radical (unpaired) electrons. The number of aliphatic hydroxyl groups is 1. The lowest BCUT2D eigenvalue weighted by atomic mass is 9.77. The van der Waals surface area contributed by atoms with Crippen molar-refractivity contribution in [1.29, 1.82) is 0 Å². The van der Waals surface area contributed by atoms with Gasteiger partial charge in [0.05, 0.1) is 27.4 Å². The molecule has 0 saturated carbocycles. The van der Waals surface area contributed by atoms with Gasteiger partial charge in [-0.2, -0.15) is 23.0 Å². The first-order valence-corrected chi connectivity index (χ1v) is 11.1. The standard InChI is InChI=1S/C26H17ClF4N2O4/c1-14(34)7-8-15-9-10-17-20(12-15)33(23(35)21-18(26(29,30)31)5-2-6-19(21)27)32-22(17)25(24(36)37)11-3-4-16(28)13-25/h2-6,9-12,14,34H,13H2,1H3,(H,36,37). The number of nitrogens with zero attached hydrogens (tertiary/aromatic N) is 2. The Kier molecular flexibility index (Phi) is 6.71. The third-order valence-corrected chi connectivity index (χ3v) is 6.06. The third kappa shape index (κ3) is 4.75. The van der Waals surface area contributed by atoms with Crippen LogP contribution in [0.1, 0.15) is 40.5 Å². The number of aliphatic carboxylic acids is 1. The second-order valence-electron chi connectivity index (χ2n) is 8.33. The number of aliphatic hydroxyl groups excluding tert-OH is 1. The number of fused-ring (bicyclic) bond motifs is 1. The number of carbonyl (C=O) groups excluding carboxylic acids is 1. The molecule has 11 heteroatoms. The van der Waals surface area contributed by atoms with E-state index in [4.69, 9.17) is 11.6 Å². The van der Waals surface area contributed by atoms with Gasteiger partial charge in [-0.15, -0.1) is 0 Å². The van der Waals surface area contributed by atoms with Gasteiger partial charge in [0.15, 0.2) is 0 Å². The van der Waals surface area contributed by atoms with Gasteiger partial charge in [-0.3, -0.25) is 9.59 Å². The number of alkyl halides is 3. The van der Waals surface area contributed by atoms with Crippen LogP contribution in [-0.2, 0) is 16.4 Å². The highest BCUT2D eigenvalue weighted by molar-refractivity contribution is 6.34. The van der Waals surface area contributed by atoms with Crippen LogP contribution in [0.5, 0.6) is 0 Å². The van der Waals surface area contributed by atoms with Crippen molar-refractivity contribution in [2.45, 2.75) is 31.0 Å². The molecule has 0 amide bonds. The monoisotopic (exact) mass is 532 g/mol. The summed E-state index contributed by atoms with van der Waals surface area (Å²) in [5.74, 6) is 1.66. The second-order valence-corrected chi connectivity index (χ2v) is 8.74. The Hall–Kier alpha value is -3.94. The molecule has 3 aromatic rings. The van der Waals surface area contributed by atoms with Crippen molar-refractivity contribution >= 4 is 34.4 Å². The van der Waals surface area contributed by atoms with Crippen LogP contribution in [0, 0.1) is 11.8 Å². The fourth-order valence-electron chi connectivity index (χ4n) is 4.06. The van der Waals surface area contributed by atoms with Crippen molar-refractivity contribution in [2.75, 3.05) is 0 Å². The van der Waals surface area contributed by atoms with Crippen LogP contribution in [0.15, 0.2) is 60.5 Å². The number of carbonyl (C=O) groups is 2. The normalized spacial score (nSPS) is 18.2. The van der Waals surface area contributed by atoms with Crippen LogP contribution in [0.4, 0.5) is 17.6 Å². The van der Waals surface area contributed by atoms with Gasteiger partial charge in [-0.25, -0.2) is 4.39 Å². The lowest BCUT2D eigenvalue weighted by Crippen LogP contribution is -2.36. The van der Waals surface area contributed by atoms with E-state index in [0.29, 0.717) is 10.7 Å². The molecule has 2 atom stereocenters. The maximum atomic E-state index is 14.3. The number of aromatic nitrogens is 2. The minimum atomic E-state index is -4.93. The topological polar surface area (TPSA) is 92.4 Å². The lowest BCUT2D eigenvalue weighted by Gasteiger charge is -2.25. The summed E-state index contributed by atoms with van der Waals surface area (Å²) in [6.45, 7) is 1.42. The Balaban J connectivity index is 2.04. The summed E-state index contributed by atoms with van der Waals surface area (Å²) in [5, 5.41) is 23.3. The molecular weight excluding hydrogens is 516 g/mol. The quantitative estimate of drug-likeness (QED) is 0.354. The van der Waals surface area contributed by atoms with Crippen LogP contribution in [-0.4, -0.2) is 38.0 Å². The average Bonchev–Trinajstić information content (AvgIpc) is 3.20. The fourth-order valence-corrected chi connectivity index (χ4v) is 4.32. The first-order chi connectivity index (χ1) is 17.3. The third-order valence-electron chi connectivity index (χ3n) is 5.74. The molecule has 2 aromatic carbocycles. The Labute approximate surface area is 212 Å². The van der Waals surface area contributed by atoms with Crippen LogP contribution < -0.4 is 0 Å². The number of carboxylic acid groups (broad SMARTS) is 1. The minimum Gasteiger partial charge on any atom is -0.480 e. The van der Waals surface area contributed by atoms with E-state index in [1.165, 1.54) is 37.3 Å². The maximum absolute atomic E-state index is 14.3. The van der Waals surface area contributed by atoms with E-state index >= 15 is 0 Å². The summed E-state index contributed by atoms with van der Waals surface area (Å²) in [6.07, 6.45) is -3.08. The number of carboxylic acids is 1. The summed E-state index contributed by atoms with van der Waals surface area (Å²) in [4.78, 5) is 25.9. The largest absolute Gasteiger partial charge is 0.480 e. The van der Waals surface area contributed by atoms with Crippen LogP contribution in [0.25, 0.3) is 10.9 Å². The summed E-state index contributed by atoms with van der Waals surface area (Å²) in [5.41, 5.74) is -4.29. The number of allylic oxidation sites excluding steroid dienone is 3. The molecule has 190 valence electrons. The van der Waals surface area contributed by atoms with Crippen molar-refractivity contribution < 1.29 is 37.4 Å². The average molecular weight is 533 g/mol. The molecule has 6 nitrogen and oxygen atoms in total. The maximum Gasteiger partial charge on any atom is 0.417 e. The van der Waals surface area contributed by atoms with Crippen LogP contribution in [0.3, 0.4) is 0 Å². The van der Waals surface area contributed by atoms with E-state index in [1.807, 2.05) is 0 Å². The highest BCUT2D eigenvalue weighted by atomic mass is 35.5. The lowest BCUT2D eigenvalue weighted by molar-refractivity contribution is -0.142. The van der Waals surface area contributed by atoms with Gasteiger partial charge < -0.3 is 10.2 Å². The van der Waals surface area contributed by atoms with E-state index < -0.39 is 58.0 Å². The zero-order valence-electron chi connectivity index (χ0n) is 19.0. The van der Waals surface area contributed by atoms with E-state index in [0.717, 1.165) is 18.2 Å². The molecule has 0 spiro atoms. The smallest absolute Gasteiger partial charge is 0.417 e. The molecule has 0 fully saturated rings. The van der Waals surface area contributed by atoms with Crippen molar-refractivity contribution in [2.24, 2.45) is 0 Å². The molecule has 37 heavy (non-hydrogen) atoms. The van der Waals surface area contributed by atoms with Gasteiger partial charge >= 0.3 is 12.1 Å². The number of rotatable bonds is 3. The van der Waals surface area contributed by atoms with E-state index in [9.17, 15) is 37.4 Å². The SMILES string of the molecule is CC(O)C#Cc1ccc2c(C3(C(=O)O)C=CC=C(F)C3)nn(C(=O)c3c(Cl)cccc3C(F)(F)F)c2c1. The highest BCUT2D eigenvalue weighted by Gasteiger charge is 2.45. The predicted octanol–water partition coefficient (Wildman–Crippen LogP) is 5.27. The Morgan fingerprint density at radius 1 is 1.24 bits per heavy atom. The van der Waals surface area contributed by atoms with Crippen molar-refractivity contribution in [1.82, 2.24) is 9.78 Å². The van der Waals surface area contributed by atoms with Crippen molar-refractivity contribution in [3.63, 3.8) is 0 Å². The Morgan fingerprint density at radius 3 is 2.59 bits per heavy atom. The molecule has 2 unspecified atom stereocenters. The zero-order valence-corrected chi connectivity index (χ0v) is 19.7. The van der Waals surface area contributed by atoms with Crippen molar-refractivity contribution in [3.05, 3.63) is 87.9 Å². The molecule has 0 saturated heterocycles. The molecule has 1 aromatic heterocycles. The van der Waals surface area contributed by atoms with Gasteiger partial charge in [0.1, 0.15) is 17.3 Å². The summed E-state index contributed by atoms with van der Waals surface area (Å²) in [6, 6.07) is 7.01. The molecule has 1 heterocycles. The van der Waals surface area contributed by atoms with E-state index in [2.05, 4.69) is 16.9 Å². The molecule has 1 aliphatic rings. The van der Waals surface area contributed by atoms with Gasteiger partial charge in [0.25, 0.3) is 5.91 Å². The van der Waals surface area contributed by atoms with E-state index in [1.54, 1.807) is 0 Å². The molecule has 1 aliphatic carbocycles.